The summed E-state index contributed by atoms with van der Waals surface area (Å²) in [5, 5.41) is 9.54. The van der Waals surface area contributed by atoms with Crippen LogP contribution in [0.5, 0.6) is 11.5 Å². The number of aromatic hydroxyl groups is 1. The van der Waals surface area contributed by atoms with Gasteiger partial charge >= 0.3 is 0 Å². The van der Waals surface area contributed by atoms with E-state index >= 15 is 0 Å². The third kappa shape index (κ3) is 2.94. The van der Waals surface area contributed by atoms with E-state index in [1.54, 1.807) is 24.3 Å². The maximum absolute atomic E-state index is 11.1. The highest BCUT2D eigenvalue weighted by atomic mass is 16.5. The van der Waals surface area contributed by atoms with Gasteiger partial charge in [0.05, 0.1) is 18.2 Å². The number of benzene rings is 2. The van der Waals surface area contributed by atoms with E-state index in [1.165, 1.54) is 13.2 Å². The summed E-state index contributed by atoms with van der Waals surface area (Å²) < 4.78 is 5.12. The molecule has 0 bridgehead atoms. The second-order valence-corrected chi connectivity index (χ2v) is 4.78. The van der Waals surface area contributed by atoms with E-state index in [1.807, 2.05) is 13.0 Å². The SMILES string of the molecule is COc1ccc(C(C)c2ccc(O)c(C=O)c2)cc1C=O. The summed E-state index contributed by atoms with van der Waals surface area (Å²) in [4.78, 5) is 22.0. The largest absolute Gasteiger partial charge is 0.507 e. The molecule has 4 heteroatoms. The van der Waals surface area contributed by atoms with Gasteiger partial charge in [-0.15, -0.1) is 0 Å². The molecule has 2 rings (SSSR count). The Bertz CT molecular complexity index is 676. The van der Waals surface area contributed by atoms with Crippen molar-refractivity contribution in [3.8, 4) is 11.5 Å². The van der Waals surface area contributed by atoms with E-state index in [9.17, 15) is 14.7 Å². The van der Waals surface area contributed by atoms with Crippen molar-refractivity contribution in [1.29, 1.82) is 0 Å². The van der Waals surface area contributed by atoms with Gasteiger partial charge in [0.15, 0.2) is 12.6 Å². The minimum atomic E-state index is -0.0377. The van der Waals surface area contributed by atoms with Crippen molar-refractivity contribution in [2.24, 2.45) is 0 Å². The van der Waals surface area contributed by atoms with Crippen LogP contribution in [0.2, 0.25) is 0 Å². The van der Waals surface area contributed by atoms with Gasteiger partial charge in [-0.05, 0) is 35.4 Å². The molecule has 0 aliphatic carbocycles. The smallest absolute Gasteiger partial charge is 0.153 e. The quantitative estimate of drug-likeness (QED) is 0.856. The summed E-state index contributed by atoms with van der Waals surface area (Å²) in [7, 11) is 1.52. The van der Waals surface area contributed by atoms with Gasteiger partial charge in [-0.3, -0.25) is 9.59 Å². The Morgan fingerprint density at radius 1 is 1.00 bits per heavy atom. The third-order valence-corrected chi connectivity index (χ3v) is 3.56. The molecule has 0 spiro atoms. The van der Waals surface area contributed by atoms with Gasteiger partial charge in [0.2, 0.25) is 0 Å². The van der Waals surface area contributed by atoms with Crippen molar-refractivity contribution in [2.45, 2.75) is 12.8 Å². The topological polar surface area (TPSA) is 63.6 Å². The molecule has 4 nitrogen and oxygen atoms in total. The standard InChI is InChI=1S/C17H16O4/c1-11(12-3-5-16(20)14(7-12)9-18)13-4-6-17(21-2)15(8-13)10-19/h3-11,20H,1-2H3. The molecule has 0 radical (unpaired) electrons. The monoisotopic (exact) mass is 284 g/mol. The van der Waals surface area contributed by atoms with Gasteiger partial charge in [-0.1, -0.05) is 19.1 Å². The van der Waals surface area contributed by atoms with Crippen LogP contribution in [0.15, 0.2) is 36.4 Å². The van der Waals surface area contributed by atoms with Gasteiger partial charge in [0.25, 0.3) is 0 Å². The minimum absolute atomic E-state index is 0.0195. The highest BCUT2D eigenvalue weighted by molar-refractivity contribution is 5.80. The van der Waals surface area contributed by atoms with Gasteiger partial charge in [-0.2, -0.15) is 0 Å². The number of rotatable bonds is 5. The normalized spacial score (nSPS) is 11.7. The van der Waals surface area contributed by atoms with Crippen molar-refractivity contribution in [3.63, 3.8) is 0 Å². The predicted molar refractivity (Wildman–Crippen MR) is 79.4 cm³/mol. The van der Waals surface area contributed by atoms with E-state index in [-0.39, 0.29) is 17.2 Å². The second kappa shape index (κ2) is 6.22. The number of aldehydes is 2. The van der Waals surface area contributed by atoms with Gasteiger partial charge in [0.1, 0.15) is 11.5 Å². The fourth-order valence-electron chi connectivity index (χ4n) is 2.24. The molecule has 2 aromatic rings. The average Bonchev–Trinajstić information content (AvgIpc) is 2.53. The lowest BCUT2D eigenvalue weighted by Gasteiger charge is -2.15. The lowest BCUT2D eigenvalue weighted by Crippen LogP contribution is -2.00. The number of phenols is 1. The third-order valence-electron chi connectivity index (χ3n) is 3.56. The average molecular weight is 284 g/mol. The molecule has 0 heterocycles. The summed E-state index contributed by atoms with van der Waals surface area (Å²) in [5.41, 5.74) is 2.55. The molecule has 1 atom stereocenters. The first-order valence-corrected chi connectivity index (χ1v) is 6.52. The molecule has 1 N–H and O–H groups in total. The van der Waals surface area contributed by atoms with Crippen LogP contribution in [-0.2, 0) is 0 Å². The zero-order chi connectivity index (χ0) is 15.4. The van der Waals surface area contributed by atoms with Crippen molar-refractivity contribution in [3.05, 3.63) is 58.7 Å². The number of carbonyl (C=O) groups excluding carboxylic acids is 2. The van der Waals surface area contributed by atoms with E-state index in [0.717, 1.165) is 17.4 Å². The van der Waals surface area contributed by atoms with Crippen molar-refractivity contribution in [1.82, 2.24) is 0 Å². The van der Waals surface area contributed by atoms with Crippen molar-refractivity contribution < 1.29 is 19.4 Å². The number of phenolic OH excluding ortho intramolecular Hbond substituents is 1. The first kappa shape index (κ1) is 14.8. The van der Waals surface area contributed by atoms with Crippen LogP contribution in [-0.4, -0.2) is 24.8 Å². The van der Waals surface area contributed by atoms with Crippen LogP contribution in [0.4, 0.5) is 0 Å². The highest BCUT2D eigenvalue weighted by Crippen LogP contribution is 2.30. The Balaban J connectivity index is 2.42. The van der Waals surface area contributed by atoms with Gasteiger partial charge < -0.3 is 9.84 Å². The molecule has 0 saturated carbocycles. The van der Waals surface area contributed by atoms with Crippen molar-refractivity contribution >= 4 is 12.6 Å². The van der Waals surface area contributed by atoms with Crippen LogP contribution in [0, 0.1) is 0 Å². The molecule has 2 aromatic carbocycles. The number of methoxy groups -OCH3 is 1. The van der Waals surface area contributed by atoms with Crippen LogP contribution in [0.25, 0.3) is 0 Å². The molecule has 21 heavy (non-hydrogen) atoms. The fourth-order valence-corrected chi connectivity index (χ4v) is 2.24. The van der Waals surface area contributed by atoms with Crippen LogP contribution in [0.3, 0.4) is 0 Å². The Morgan fingerprint density at radius 3 is 2.14 bits per heavy atom. The summed E-state index contributed by atoms with van der Waals surface area (Å²) in [6.07, 6.45) is 1.37. The zero-order valence-corrected chi connectivity index (χ0v) is 11.9. The molecular formula is C17H16O4. The Kier molecular flexibility index (Phi) is 4.38. The molecule has 0 aliphatic rings. The summed E-state index contributed by atoms with van der Waals surface area (Å²) >= 11 is 0. The molecule has 0 amide bonds. The molecule has 1 unspecified atom stereocenters. The Morgan fingerprint density at radius 2 is 1.57 bits per heavy atom. The maximum atomic E-state index is 11.1. The fraction of sp³-hybridized carbons (Fsp3) is 0.176. The van der Waals surface area contributed by atoms with E-state index in [2.05, 4.69) is 0 Å². The number of hydrogen-bond donors (Lipinski definition) is 1. The summed E-state index contributed by atoms with van der Waals surface area (Å²) in [6, 6.07) is 10.3. The van der Waals surface area contributed by atoms with E-state index in [0.29, 0.717) is 17.6 Å². The van der Waals surface area contributed by atoms with E-state index < -0.39 is 0 Å². The molecule has 0 fully saturated rings. The molecule has 0 aliphatic heterocycles. The number of hydrogen-bond acceptors (Lipinski definition) is 4. The molecule has 0 saturated heterocycles. The Labute approximate surface area is 123 Å². The lowest BCUT2D eigenvalue weighted by molar-refractivity contribution is 0.111. The highest BCUT2D eigenvalue weighted by Gasteiger charge is 2.13. The molecular weight excluding hydrogens is 268 g/mol. The van der Waals surface area contributed by atoms with Crippen LogP contribution in [0.1, 0.15) is 44.7 Å². The van der Waals surface area contributed by atoms with Crippen LogP contribution < -0.4 is 4.74 Å². The zero-order valence-electron chi connectivity index (χ0n) is 11.9. The lowest BCUT2D eigenvalue weighted by atomic mass is 9.91. The minimum Gasteiger partial charge on any atom is -0.507 e. The molecule has 108 valence electrons. The summed E-state index contributed by atoms with van der Waals surface area (Å²) in [6.45, 7) is 1.97. The van der Waals surface area contributed by atoms with Crippen molar-refractivity contribution in [2.75, 3.05) is 7.11 Å². The van der Waals surface area contributed by atoms with Crippen LogP contribution >= 0.6 is 0 Å². The first-order chi connectivity index (χ1) is 10.1. The summed E-state index contributed by atoms with van der Waals surface area (Å²) in [5.74, 6) is 0.471. The van der Waals surface area contributed by atoms with Gasteiger partial charge in [0, 0.05) is 5.92 Å². The second-order valence-electron chi connectivity index (χ2n) is 4.78. The number of ether oxygens (including phenoxy) is 1. The maximum Gasteiger partial charge on any atom is 0.153 e. The van der Waals surface area contributed by atoms with E-state index in [4.69, 9.17) is 4.74 Å². The van der Waals surface area contributed by atoms with Gasteiger partial charge in [-0.25, -0.2) is 0 Å². The first-order valence-electron chi connectivity index (χ1n) is 6.52. The molecule has 0 aromatic heterocycles. The number of carbonyl (C=O) groups is 2. The predicted octanol–water partition coefficient (Wildman–Crippen LogP) is 3.18. The Hall–Kier alpha value is -2.62.